The Kier molecular flexibility index (Phi) is 2.83. The van der Waals surface area contributed by atoms with E-state index in [0.717, 1.165) is 11.1 Å². The van der Waals surface area contributed by atoms with Gasteiger partial charge in [0.15, 0.2) is 5.58 Å². The van der Waals surface area contributed by atoms with E-state index in [4.69, 9.17) is 26.2 Å². The van der Waals surface area contributed by atoms with Crippen LogP contribution in [-0.2, 0) is 0 Å². The summed E-state index contributed by atoms with van der Waals surface area (Å²) in [7, 11) is 0. The van der Waals surface area contributed by atoms with Gasteiger partial charge in [0.2, 0.25) is 11.8 Å². The summed E-state index contributed by atoms with van der Waals surface area (Å²) < 4.78 is 10.9. The number of halogens is 1. The molecule has 0 amide bonds. The van der Waals surface area contributed by atoms with Crippen LogP contribution < -0.4 is 5.73 Å². The van der Waals surface area contributed by atoms with E-state index in [1.54, 1.807) is 24.3 Å². The number of hydrogen-bond acceptors (Lipinski definition) is 6. The lowest BCUT2D eigenvalue weighted by Crippen LogP contribution is -1.81. The second kappa shape index (κ2) is 4.85. The van der Waals surface area contributed by atoms with Gasteiger partial charge in [-0.05, 0) is 30.3 Å². The van der Waals surface area contributed by atoms with Gasteiger partial charge in [-0.1, -0.05) is 28.8 Å². The lowest BCUT2D eigenvalue weighted by Gasteiger charge is -1.96. The Balaban J connectivity index is 1.83. The molecule has 0 atom stereocenters. The van der Waals surface area contributed by atoms with Crippen LogP contribution in [-0.4, -0.2) is 15.2 Å². The fourth-order valence-corrected chi connectivity index (χ4v) is 2.38. The molecule has 2 N–H and O–H groups in total. The number of rotatable bonds is 2. The maximum absolute atomic E-state index is 6.17. The third kappa shape index (κ3) is 2.10. The van der Waals surface area contributed by atoms with Crippen LogP contribution in [0.15, 0.2) is 51.3 Å². The second-order valence-electron chi connectivity index (χ2n) is 4.63. The van der Waals surface area contributed by atoms with Crippen LogP contribution in [0.4, 0.5) is 6.01 Å². The summed E-state index contributed by atoms with van der Waals surface area (Å²) in [6.07, 6.45) is 0. The number of nitrogen functional groups attached to an aromatic ring is 1. The number of benzene rings is 2. The van der Waals surface area contributed by atoms with Crippen molar-refractivity contribution in [2.75, 3.05) is 5.73 Å². The number of oxazole rings is 1. The number of aromatic nitrogens is 3. The number of fused-ring (bicyclic) bond motifs is 1. The van der Waals surface area contributed by atoms with Crippen LogP contribution in [0.5, 0.6) is 0 Å². The highest BCUT2D eigenvalue weighted by Gasteiger charge is 2.13. The molecule has 0 saturated heterocycles. The molecule has 22 heavy (non-hydrogen) atoms. The summed E-state index contributed by atoms with van der Waals surface area (Å²) in [4.78, 5) is 4.46. The van der Waals surface area contributed by atoms with Crippen molar-refractivity contribution in [1.29, 1.82) is 0 Å². The fourth-order valence-electron chi connectivity index (χ4n) is 2.16. The van der Waals surface area contributed by atoms with Crippen molar-refractivity contribution in [1.82, 2.24) is 15.2 Å². The minimum atomic E-state index is 0.0204. The molecule has 2 aromatic heterocycles. The Morgan fingerprint density at radius 3 is 2.59 bits per heavy atom. The summed E-state index contributed by atoms with van der Waals surface area (Å²) in [5.74, 6) is 0.796. The molecule has 0 aliphatic heterocycles. The standard InChI is InChI=1S/C15H9ClN4O2/c16-10-4-2-1-3-9(10)14-18-11-7-8(5-6-12(11)21-14)13-19-20-15(17)22-13/h1-7H,(H2,17,20). The molecule has 6 nitrogen and oxygen atoms in total. The lowest BCUT2D eigenvalue weighted by molar-refractivity contribution is 0.590. The van der Waals surface area contributed by atoms with Gasteiger partial charge >= 0.3 is 6.01 Å². The van der Waals surface area contributed by atoms with Crippen molar-refractivity contribution in [3.05, 3.63) is 47.5 Å². The van der Waals surface area contributed by atoms with Gasteiger partial charge in [0.25, 0.3) is 0 Å². The van der Waals surface area contributed by atoms with E-state index < -0.39 is 0 Å². The van der Waals surface area contributed by atoms with Gasteiger partial charge < -0.3 is 14.6 Å². The number of hydrogen-bond donors (Lipinski definition) is 1. The van der Waals surface area contributed by atoms with Crippen molar-refractivity contribution in [2.24, 2.45) is 0 Å². The van der Waals surface area contributed by atoms with E-state index in [-0.39, 0.29) is 6.01 Å². The van der Waals surface area contributed by atoms with E-state index in [1.807, 2.05) is 18.2 Å². The third-order valence-corrected chi connectivity index (χ3v) is 3.51. The summed E-state index contributed by atoms with van der Waals surface area (Å²) in [6, 6.07) is 12.8. The van der Waals surface area contributed by atoms with Crippen molar-refractivity contribution < 1.29 is 8.83 Å². The highest BCUT2D eigenvalue weighted by molar-refractivity contribution is 6.33. The van der Waals surface area contributed by atoms with E-state index in [0.29, 0.717) is 27.9 Å². The minimum Gasteiger partial charge on any atom is -0.436 e. The molecule has 2 heterocycles. The summed E-state index contributed by atoms with van der Waals surface area (Å²) in [5.41, 5.74) is 8.21. The third-order valence-electron chi connectivity index (χ3n) is 3.18. The molecule has 4 rings (SSSR count). The average Bonchev–Trinajstić information content (AvgIpc) is 3.12. The van der Waals surface area contributed by atoms with Gasteiger partial charge in [0, 0.05) is 5.56 Å². The topological polar surface area (TPSA) is 91.0 Å². The minimum absolute atomic E-state index is 0.0204. The molecule has 0 aliphatic rings. The average molecular weight is 313 g/mol. The van der Waals surface area contributed by atoms with Crippen molar-refractivity contribution in [2.45, 2.75) is 0 Å². The Hall–Kier alpha value is -2.86. The van der Waals surface area contributed by atoms with Gasteiger partial charge in [-0.3, -0.25) is 0 Å². The maximum Gasteiger partial charge on any atom is 0.313 e. The maximum atomic E-state index is 6.17. The molecule has 0 spiro atoms. The number of nitrogens with zero attached hydrogens (tertiary/aromatic N) is 3. The lowest BCUT2D eigenvalue weighted by atomic mass is 10.2. The monoisotopic (exact) mass is 312 g/mol. The van der Waals surface area contributed by atoms with Crippen molar-refractivity contribution in [3.63, 3.8) is 0 Å². The van der Waals surface area contributed by atoms with E-state index in [2.05, 4.69) is 15.2 Å². The Morgan fingerprint density at radius 1 is 0.955 bits per heavy atom. The molecule has 108 valence electrons. The van der Waals surface area contributed by atoms with Gasteiger partial charge in [-0.15, -0.1) is 5.10 Å². The molecule has 0 bridgehead atoms. The fraction of sp³-hybridized carbons (Fsp3) is 0. The smallest absolute Gasteiger partial charge is 0.313 e. The molecular formula is C15H9ClN4O2. The van der Waals surface area contributed by atoms with Gasteiger partial charge in [-0.25, -0.2) is 4.98 Å². The zero-order chi connectivity index (χ0) is 15.1. The molecular weight excluding hydrogens is 304 g/mol. The van der Waals surface area contributed by atoms with Crippen LogP contribution >= 0.6 is 11.6 Å². The zero-order valence-electron chi connectivity index (χ0n) is 11.2. The second-order valence-corrected chi connectivity index (χ2v) is 5.03. The quantitative estimate of drug-likeness (QED) is 0.605. The molecule has 0 radical (unpaired) electrons. The molecule has 4 aromatic rings. The normalized spacial score (nSPS) is 11.1. The van der Waals surface area contributed by atoms with Crippen molar-refractivity contribution in [3.8, 4) is 22.9 Å². The van der Waals surface area contributed by atoms with E-state index >= 15 is 0 Å². The first-order valence-corrected chi connectivity index (χ1v) is 6.83. The first-order chi connectivity index (χ1) is 10.7. The first-order valence-electron chi connectivity index (χ1n) is 6.45. The predicted octanol–water partition coefficient (Wildman–Crippen LogP) is 3.78. The Morgan fingerprint density at radius 2 is 1.82 bits per heavy atom. The van der Waals surface area contributed by atoms with Gasteiger partial charge in [0.1, 0.15) is 5.52 Å². The summed E-state index contributed by atoms with van der Waals surface area (Å²) >= 11 is 6.17. The van der Waals surface area contributed by atoms with Gasteiger partial charge in [-0.2, -0.15) is 0 Å². The SMILES string of the molecule is Nc1nnc(-c2ccc3oc(-c4ccccc4Cl)nc3c2)o1. The van der Waals surface area contributed by atoms with Crippen molar-refractivity contribution >= 4 is 28.7 Å². The Bertz CT molecular complexity index is 977. The van der Waals surface area contributed by atoms with Gasteiger partial charge in [0.05, 0.1) is 10.6 Å². The molecule has 0 saturated carbocycles. The first kappa shape index (κ1) is 12.8. The highest BCUT2D eigenvalue weighted by atomic mass is 35.5. The predicted molar refractivity (Wildman–Crippen MR) is 82.2 cm³/mol. The molecule has 2 aromatic carbocycles. The molecule has 7 heteroatoms. The summed E-state index contributed by atoms with van der Waals surface area (Å²) in [5, 5.41) is 8.07. The van der Waals surface area contributed by atoms with Crippen LogP contribution in [0.2, 0.25) is 5.02 Å². The molecule has 0 aliphatic carbocycles. The Labute approximate surface area is 129 Å². The zero-order valence-corrected chi connectivity index (χ0v) is 11.9. The number of nitrogens with two attached hydrogens (primary N) is 1. The molecule has 0 unspecified atom stereocenters. The summed E-state index contributed by atoms with van der Waals surface area (Å²) in [6.45, 7) is 0. The molecule has 0 fully saturated rings. The highest BCUT2D eigenvalue weighted by Crippen LogP contribution is 2.31. The van der Waals surface area contributed by atoms with E-state index in [1.165, 1.54) is 0 Å². The van der Waals surface area contributed by atoms with Crippen LogP contribution in [0.3, 0.4) is 0 Å². The van der Waals surface area contributed by atoms with Crippen LogP contribution in [0.1, 0.15) is 0 Å². The van der Waals surface area contributed by atoms with Crippen LogP contribution in [0, 0.1) is 0 Å². The van der Waals surface area contributed by atoms with E-state index in [9.17, 15) is 0 Å². The van der Waals surface area contributed by atoms with Crippen LogP contribution in [0.25, 0.3) is 34.0 Å². The number of anilines is 1. The largest absolute Gasteiger partial charge is 0.436 e.